The number of methoxy groups -OCH3 is 1. The number of amides is 4. The summed E-state index contributed by atoms with van der Waals surface area (Å²) in [4.78, 5) is 72.1. The van der Waals surface area contributed by atoms with Gasteiger partial charge in [0, 0.05) is 75.1 Å². The molecule has 67 heavy (non-hydrogen) atoms. The Morgan fingerprint density at radius 1 is 1.04 bits per heavy atom. The third-order valence-corrected chi connectivity index (χ3v) is 13.9. The summed E-state index contributed by atoms with van der Waals surface area (Å²) in [5, 5.41) is 39.7. The first-order valence-electron chi connectivity index (χ1n) is 23.6. The van der Waals surface area contributed by atoms with Crippen molar-refractivity contribution in [1.82, 2.24) is 30.1 Å². The van der Waals surface area contributed by atoms with Crippen LogP contribution in [0.15, 0.2) is 54.6 Å². The first-order valence-corrected chi connectivity index (χ1v) is 23.6. The SMILES string of the molecule is C=CC(=O)N1CC[C@](O)(C(=O)N(C)[C@H](C(=O)N[C@H]2Cc3cc(O)cc(c3)-c3ccc4c(c3)c(c(C3=C(COC)CCCC3)n4CC)CC(C)(C)COC(=O)[C@@]3(O)CCCN(N3)C2=O)C(C)C)C1. The van der Waals surface area contributed by atoms with Crippen LogP contribution in [0.4, 0.5) is 0 Å². The number of aromatic nitrogens is 1. The molecular formula is C51H68N6O10. The van der Waals surface area contributed by atoms with Gasteiger partial charge in [-0.1, -0.05) is 46.4 Å². The number of phenolic OH excluding ortho intramolecular Hbond substituents is 1. The highest BCUT2D eigenvalue weighted by Crippen LogP contribution is 2.43. The fourth-order valence-corrected chi connectivity index (χ4v) is 10.6. The lowest BCUT2D eigenvalue weighted by Crippen LogP contribution is -2.67. The molecular weight excluding hydrogens is 857 g/mol. The monoisotopic (exact) mass is 924 g/mol. The molecule has 4 atom stereocenters. The highest BCUT2D eigenvalue weighted by molar-refractivity contribution is 5.96. The van der Waals surface area contributed by atoms with Gasteiger partial charge in [0.15, 0.2) is 5.60 Å². The van der Waals surface area contributed by atoms with Crippen LogP contribution in [-0.4, -0.2) is 135 Å². The van der Waals surface area contributed by atoms with Gasteiger partial charge in [0.2, 0.25) is 17.5 Å². The lowest BCUT2D eigenvalue weighted by Gasteiger charge is -2.40. The van der Waals surface area contributed by atoms with E-state index < -0.39 is 64.3 Å². The van der Waals surface area contributed by atoms with Gasteiger partial charge in [-0.05, 0) is 115 Å². The van der Waals surface area contributed by atoms with E-state index >= 15 is 0 Å². The molecule has 7 rings (SSSR count). The summed E-state index contributed by atoms with van der Waals surface area (Å²) in [6, 6.07) is 8.78. The first kappa shape index (κ1) is 49.4. The topological polar surface area (TPSA) is 203 Å². The third-order valence-electron chi connectivity index (χ3n) is 13.9. The van der Waals surface area contributed by atoms with E-state index in [0.717, 1.165) is 69.4 Å². The Morgan fingerprint density at radius 3 is 2.49 bits per heavy atom. The smallest absolute Gasteiger partial charge is 0.355 e. The first-order chi connectivity index (χ1) is 31.7. The number of fused-ring (bicyclic) bond motifs is 6. The summed E-state index contributed by atoms with van der Waals surface area (Å²) < 4.78 is 14.0. The van der Waals surface area contributed by atoms with E-state index in [1.807, 2.05) is 26.0 Å². The maximum atomic E-state index is 14.7. The number of β-amino-alcohol motifs (C(OH)–C–C–N with tert-alkyl or cyclic N) is 1. The number of phenols is 1. The molecule has 2 fully saturated rings. The average Bonchev–Trinajstić information content (AvgIpc) is 3.84. The van der Waals surface area contributed by atoms with Crippen LogP contribution >= 0.6 is 0 Å². The van der Waals surface area contributed by atoms with Gasteiger partial charge in [-0.15, -0.1) is 0 Å². The maximum Gasteiger partial charge on any atom is 0.355 e. The summed E-state index contributed by atoms with van der Waals surface area (Å²) in [7, 11) is 3.12. The molecule has 1 aromatic heterocycles. The summed E-state index contributed by atoms with van der Waals surface area (Å²) >= 11 is 0. The number of benzene rings is 2. The molecule has 4 amide bonds. The molecule has 0 saturated carbocycles. The number of aromatic hydroxyl groups is 1. The van der Waals surface area contributed by atoms with Crippen molar-refractivity contribution in [1.29, 1.82) is 0 Å². The standard InChI is InChI=1S/C51H68N6O10/c1-9-42(59)55-21-19-50(64,29-55)47(62)54(7)43(31(3)4)45(60)52-40-24-32-22-35(25-36(58)23-32)33-16-17-41-38(26-33)39(44(56(41)10-2)37-15-12-11-14-34(37)28-66-8)27-49(5,6)30-67-48(63)51(65)18-13-20-57(53-51)46(40)61/h9,16-17,22-23,25-26,31,40,43,53,58,64-65H,1,10-15,18-21,24,27-30H2,2-8H3,(H,52,60)/t40-,43-,50+,51-/m0/s1. The minimum atomic E-state index is -2.27. The lowest BCUT2D eigenvalue weighted by molar-refractivity contribution is -0.189. The summed E-state index contributed by atoms with van der Waals surface area (Å²) in [5.41, 5.74) is 5.72. The molecule has 3 aliphatic heterocycles. The Labute approximate surface area is 392 Å². The van der Waals surface area contributed by atoms with Gasteiger partial charge in [0.25, 0.3) is 11.8 Å². The number of nitrogens with zero attached hydrogens (tertiary/aromatic N) is 4. The van der Waals surface area contributed by atoms with Crippen LogP contribution in [0.1, 0.15) is 96.4 Å². The molecule has 1 aliphatic carbocycles. The number of ether oxygens (including phenoxy) is 2. The summed E-state index contributed by atoms with van der Waals surface area (Å²) in [5.74, 6) is -4.07. The zero-order chi connectivity index (χ0) is 48.6. The molecule has 362 valence electrons. The fraction of sp³-hybridized carbons (Fsp3) is 0.549. The predicted octanol–water partition coefficient (Wildman–Crippen LogP) is 4.61. The number of hydrogen-bond acceptors (Lipinski definition) is 11. The minimum absolute atomic E-state index is 0.0408. The van der Waals surface area contributed by atoms with Crippen molar-refractivity contribution in [3.8, 4) is 16.9 Å². The number of hydrogen-bond donors (Lipinski definition) is 5. The Hall–Kier alpha value is -5.55. The fourth-order valence-electron chi connectivity index (χ4n) is 10.6. The average molecular weight is 925 g/mol. The van der Waals surface area contributed by atoms with Crippen molar-refractivity contribution < 1.29 is 48.8 Å². The molecule has 3 aromatic rings. The Bertz CT molecular complexity index is 2480. The second-order valence-electron chi connectivity index (χ2n) is 20.0. The minimum Gasteiger partial charge on any atom is -0.508 e. The second-order valence-corrected chi connectivity index (χ2v) is 20.0. The molecule has 0 radical (unpaired) electrons. The van der Waals surface area contributed by atoms with Crippen molar-refractivity contribution in [3.05, 3.63) is 71.4 Å². The molecule has 6 bridgehead atoms. The van der Waals surface area contributed by atoms with Gasteiger partial charge >= 0.3 is 5.97 Å². The number of rotatable bonds is 10. The number of aryl methyl sites for hydroxylation is 1. The van der Waals surface area contributed by atoms with Gasteiger partial charge in [-0.2, -0.15) is 5.43 Å². The van der Waals surface area contributed by atoms with Crippen molar-refractivity contribution >= 4 is 46.1 Å². The van der Waals surface area contributed by atoms with Crippen LogP contribution in [0.2, 0.25) is 0 Å². The summed E-state index contributed by atoms with van der Waals surface area (Å²) in [6.07, 6.45) is 5.61. The number of carbonyl (C=O) groups is 5. The van der Waals surface area contributed by atoms with Crippen molar-refractivity contribution in [2.45, 2.75) is 122 Å². The number of likely N-dealkylation sites (N-methyl/N-ethyl adjacent to an activating group) is 1. The molecule has 16 nitrogen and oxygen atoms in total. The van der Waals surface area contributed by atoms with Crippen LogP contribution in [0.5, 0.6) is 5.75 Å². The largest absolute Gasteiger partial charge is 0.508 e. The molecule has 2 aromatic carbocycles. The van der Waals surface area contributed by atoms with E-state index in [1.165, 1.54) is 29.2 Å². The Balaban J connectivity index is 1.32. The third kappa shape index (κ3) is 10.0. The highest BCUT2D eigenvalue weighted by Gasteiger charge is 2.49. The predicted molar refractivity (Wildman–Crippen MR) is 253 cm³/mol. The zero-order valence-corrected chi connectivity index (χ0v) is 40.1. The van der Waals surface area contributed by atoms with E-state index in [9.17, 15) is 39.3 Å². The zero-order valence-electron chi connectivity index (χ0n) is 40.1. The normalized spacial score (nSPS) is 24.1. The molecule has 16 heteroatoms. The van der Waals surface area contributed by atoms with Crippen molar-refractivity contribution in [2.75, 3.05) is 47.0 Å². The van der Waals surface area contributed by atoms with E-state index in [1.54, 1.807) is 27.0 Å². The van der Waals surface area contributed by atoms with Crippen LogP contribution in [0.3, 0.4) is 0 Å². The quantitative estimate of drug-likeness (QED) is 0.140. The molecule has 5 N–H and O–H groups in total. The lowest BCUT2D eigenvalue weighted by atomic mass is 9.82. The van der Waals surface area contributed by atoms with Crippen LogP contribution in [0.25, 0.3) is 27.6 Å². The van der Waals surface area contributed by atoms with Crippen molar-refractivity contribution in [3.63, 3.8) is 0 Å². The number of nitrogens with one attached hydrogen (secondary N) is 2. The summed E-state index contributed by atoms with van der Waals surface area (Å²) in [6.45, 7) is 14.3. The highest BCUT2D eigenvalue weighted by atomic mass is 16.6. The number of likely N-dealkylation sites (tertiary alicyclic amines) is 1. The van der Waals surface area contributed by atoms with E-state index in [2.05, 4.69) is 40.9 Å². The van der Waals surface area contributed by atoms with Gasteiger partial charge in [-0.25, -0.2) is 4.79 Å². The number of esters is 1. The maximum absolute atomic E-state index is 14.7. The van der Waals surface area contributed by atoms with Crippen LogP contribution < -0.4 is 10.7 Å². The molecule has 4 aliphatic rings. The molecule has 0 unspecified atom stereocenters. The number of hydrazine groups is 1. The van der Waals surface area contributed by atoms with Crippen LogP contribution in [0, 0.1) is 11.3 Å². The number of cyclic esters (lactones) is 1. The van der Waals surface area contributed by atoms with E-state index in [-0.39, 0.29) is 57.7 Å². The Morgan fingerprint density at radius 2 is 1.79 bits per heavy atom. The van der Waals surface area contributed by atoms with Gasteiger partial charge in [0.1, 0.15) is 17.8 Å². The van der Waals surface area contributed by atoms with Crippen LogP contribution in [-0.2, 0) is 52.8 Å². The number of allylic oxidation sites excluding steroid dienone is 1. The van der Waals surface area contributed by atoms with Gasteiger partial charge < -0.3 is 44.5 Å². The number of carbonyl (C=O) groups excluding carboxylic acids is 5. The number of aliphatic hydroxyl groups is 2. The van der Waals surface area contributed by atoms with E-state index in [0.29, 0.717) is 30.7 Å². The van der Waals surface area contributed by atoms with E-state index in [4.69, 9.17) is 9.47 Å². The Kier molecular flexibility index (Phi) is 14.4. The van der Waals surface area contributed by atoms with Gasteiger partial charge in [0.05, 0.1) is 19.8 Å². The van der Waals surface area contributed by atoms with Crippen molar-refractivity contribution in [2.24, 2.45) is 11.3 Å². The molecule has 4 heterocycles. The second kappa shape index (κ2) is 19.6. The molecule has 0 spiro atoms. The molecule has 2 saturated heterocycles. The van der Waals surface area contributed by atoms with Gasteiger partial charge in [-0.3, -0.25) is 24.2 Å².